The van der Waals surface area contributed by atoms with Gasteiger partial charge >= 0.3 is 0 Å². The predicted octanol–water partition coefficient (Wildman–Crippen LogP) is 3.88. The summed E-state index contributed by atoms with van der Waals surface area (Å²) in [5, 5.41) is 12.1. The lowest BCUT2D eigenvalue weighted by Crippen LogP contribution is -2.35. The molecule has 0 bridgehead atoms. The molecule has 1 aromatic heterocycles. The second kappa shape index (κ2) is 4.61. The third-order valence-corrected chi connectivity index (χ3v) is 4.30. The molecule has 2 heteroatoms. The second-order valence-corrected chi connectivity index (χ2v) is 6.30. The number of fused-ring (bicyclic) bond motifs is 1. The summed E-state index contributed by atoms with van der Waals surface area (Å²) >= 11 is 0. The van der Waals surface area contributed by atoms with Crippen LogP contribution in [-0.4, -0.2) is 10.1 Å². The molecule has 1 fully saturated rings. The topological polar surface area (TPSA) is 33.1 Å². The SMILES string of the molecule is CC1CC(C)CC(O)(c2cnc3ccccc3c2)C1. The van der Waals surface area contributed by atoms with Crippen LogP contribution < -0.4 is 0 Å². The lowest BCUT2D eigenvalue weighted by atomic mass is 9.71. The Labute approximate surface area is 114 Å². The molecular weight excluding hydrogens is 234 g/mol. The zero-order chi connectivity index (χ0) is 13.5. The maximum Gasteiger partial charge on any atom is 0.0916 e. The van der Waals surface area contributed by atoms with E-state index in [4.69, 9.17) is 0 Å². The molecule has 2 unspecified atom stereocenters. The standard InChI is InChI=1S/C17H21NO/c1-12-7-13(2)10-17(19,9-12)15-8-14-5-3-4-6-16(14)18-11-15/h3-6,8,11-13,19H,7,9-10H2,1-2H3. The largest absolute Gasteiger partial charge is 0.385 e. The van der Waals surface area contributed by atoms with Crippen LogP contribution in [0.5, 0.6) is 0 Å². The smallest absolute Gasteiger partial charge is 0.0916 e. The highest BCUT2D eigenvalue weighted by Gasteiger charge is 2.37. The number of rotatable bonds is 1. The van der Waals surface area contributed by atoms with E-state index in [1.165, 1.54) is 6.42 Å². The Balaban J connectivity index is 2.02. The van der Waals surface area contributed by atoms with Crippen molar-refractivity contribution in [3.63, 3.8) is 0 Å². The van der Waals surface area contributed by atoms with Gasteiger partial charge in [0.25, 0.3) is 0 Å². The summed E-state index contributed by atoms with van der Waals surface area (Å²) in [7, 11) is 0. The van der Waals surface area contributed by atoms with Crippen LogP contribution in [0.2, 0.25) is 0 Å². The van der Waals surface area contributed by atoms with Gasteiger partial charge in [0.1, 0.15) is 0 Å². The molecule has 0 spiro atoms. The van der Waals surface area contributed by atoms with Crippen molar-refractivity contribution < 1.29 is 5.11 Å². The summed E-state index contributed by atoms with van der Waals surface area (Å²) in [6.07, 6.45) is 4.76. The molecule has 0 amide bonds. The van der Waals surface area contributed by atoms with Gasteiger partial charge in [-0.25, -0.2) is 0 Å². The van der Waals surface area contributed by atoms with Crippen LogP contribution in [0.4, 0.5) is 0 Å². The van der Waals surface area contributed by atoms with Crippen LogP contribution in [-0.2, 0) is 5.60 Å². The van der Waals surface area contributed by atoms with Crippen molar-refractivity contribution in [1.29, 1.82) is 0 Å². The molecule has 1 heterocycles. The quantitative estimate of drug-likeness (QED) is 0.839. The molecule has 100 valence electrons. The van der Waals surface area contributed by atoms with Gasteiger partial charge in [-0.15, -0.1) is 0 Å². The fourth-order valence-electron chi connectivity index (χ4n) is 3.65. The van der Waals surface area contributed by atoms with Crippen molar-refractivity contribution in [3.05, 3.63) is 42.1 Å². The summed E-state index contributed by atoms with van der Waals surface area (Å²) in [4.78, 5) is 4.49. The van der Waals surface area contributed by atoms with E-state index in [-0.39, 0.29) is 0 Å². The van der Waals surface area contributed by atoms with Gasteiger partial charge < -0.3 is 5.11 Å². The van der Waals surface area contributed by atoms with Crippen molar-refractivity contribution in [3.8, 4) is 0 Å². The molecule has 0 saturated heterocycles. The predicted molar refractivity (Wildman–Crippen MR) is 77.8 cm³/mol. The number of pyridine rings is 1. The fraction of sp³-hybridized carbons (Fsp3) is 0.471. The molecule has 1 N–H and O–H groups in total. The number of benzene rings is 1. The van der Waals surface area contributed by atoms with Gasteiger partial charge in [-0.2, -0.15) is 0 Å². The second-order valence-electron chi connectivity index (χ2n) is 6.30. The molecule has 1 saturated carbocycles. The van der Waals surface area contributed by atoms with Gasteiger partial charge in [-0.1, -0.05) is 32.0 Å². The van der Waals surface area contributed by atoms with Crippen LogP contribution in [0.1, 0.15) is 38.7 Å². The van der Waals surface area contributed by atoms with E-state index in [1.807, 2.05) is 24.4 Å². The lowest BCUT2D eigenvalue weighted by molar-refractivity contribution is -0.0364. The van der Waals surface area contributed by atoms with Gasteiger partial charge in [0, 0.05) is 17.1 Å². The minimum Gasteiger partial charge on any atom is -0.385 e. The van der Waals surface area contributed by atoms with Gasteiger partial charge in [0.2, 0.25) is 0 Å². The normalized spacial score (nSPS) is 31.5. The summed E-state index contributed by atoms with van der Waals surface area (Å²) in [5.41, 5.74) is 1.27. The molecule has 2 nitrogen and oxygen atoms in total. The Bertz CT molecular complexity index is 583. The number of aliphatic hydroxyl groups is 1. The van der Waals surface area contributed by atoms with Crippen LogP contribution in [0.15, 0.2) is 36.5 Å². The van der Waals surface area contributed by atoms with Gasteiger partial charge in [-0.3, -0.25) is 4.98 Å². The van der Waals surface area contributed by atoms with E-state index in [0.717, 1.165) is 29.3 Å². The number of nitrogens with zero attached hydrogens (tertiary/aromatic N) is 1. The first kappa shape index (κ1) is 12.6. The molecule has 0 radical (unpaired) electrons. The van der Waals surface area contributed by atoms with Crippen LogP contribution in [0, 0.1) is 11.8 Å². The maximum absolute atomic E-state index is 11.0. The molecule has 19 heavy (non-hydrogen) atoms. The average Bonchev–Trinajstić information content (AvgIpc) is 2.36. The highest BCUT2D eigenvalue weighted by Crippen LogP contribution is 2.42. The minimum absolute atomic E-state index is 0.570. The van der Waals surface area contributed by atoms with Crippen molar-refractivity contribution in [1.82, 2.24) is 4.98 Å². The summed E-state index contributed by atoms with van der Waals surface area (Å²) in [6.45, 7) is 4.46. The molecule has 0 aliphatic heterocycles. The van der Waals surface area contributed by atoms with Crippen molar-refractivity contribution in [2.75, 3.05) is 0 Å². The van der Waals surface area contributed by atoms with Gasteiger partial charge in [-0.05, 0) is 43.2 Å². The van der Waals surface area contributed by atoms with Gasteiger partial charge in [0.05, 0.1) is 11.1 Å². The van der Waals surface area contributed by atoms with E-state index in [1.54, 1.807) is 0 Å². The Morgan fingerprint density at radius 1 is 1.16 bits per heavy atom. The van der Waals surface area contributed by atoms with E-state index in [9.17, 15) is 5.11 Å². The first-order chi connectivity index (χ1) is 9.07. The molecule has 1 aliphatic rings. The summed E-state index contributed by atoms with van der Waals surface area (Å²) in [5.74, 6) is 1.14. The van der Waals surface area contributed by atoms with Crippen molar-refractivity contribution in [2.24, 2.45) is 11.8 Å². The third kappa shape index (κ3) is 2.37. The highest BCUT2D eigenvalue weighted by atomic mass is 16.3. The zero-order valence-electron chi connectivity index (χ0n) is 11.6. The lowest BCUT2D eigenvalue weighted by Gasteiger charge is -2.39. The monoisotopic (exact) mass is 255 g/mol. The molecule has 3 rings (SSSR count). The number of aromatic nitrogens is 1. The van der Waals surface area contributed by atoms with E-state index in [0.29, 0.717) is 11.8 Å². The first-order valence-electron chi connectivity index (χ1n) is 7.14. The minimum atomic E-state index is -0.700. The van der Waals surface area contributed by atoms with E-state index >= 15 is 0 Å². The Hall–Kier alpha value is -1.41. The fourth-order valence-corrected chi connectivity index (χ4v) is 3.65. The molecule has 1 aromatic carbocycles. The van der Waals surface area contributed by atoms with E-state index in [2.05, 4.69) is 31.0 Å². The van der Waals surface area contributed by atoms with Crippen molar-refractivity contribution >= 4 is 10.9 Å². The number of hydrogen-bond donors (Lipinski definition) is 1. The third-order valence-electron chi connectivity index (χ3n) is 4.30. The van der Waals surface area contributed by atoms with E-state index < -0.39 is 5.60 Å². The molecule has 2 atom stereocenters. The number of hydrogen-bond acceptors (Lipinski definition) is 2. The Morgan fingerprint density at radius 2 is 1.84 bits per heavy atom. The zero-order valence-corrected chi connectivity index (χ0v) is 11.6. The first-order valence-corrected chi connectivity index (χ1v) is 7.14. The molecule has 1 aliphatic carbocycles. The van der Waals surface area contributed by atoms with Gasteiger partial charge in [0.15, 0.2) is 0 Å². The summed E-state index contributed by atoms with van der Waals surface area (Å²) < 4.78 is 0. The maximum atomic E-state index is 11.0. The highest BCUT2D eigenvalue weighted by molar-refractivity contribution is 5.78. The Kier molecular flexibility index (Phi) is 3.06. The van der Waals surface area contributed by atoms with Crippen LogP contribution >= 0.6 is 0 Å². The molecular formula is C17H21NO. The number of para-hydroxylation sites is 1. The van der Waals surface area contributed by atoms with Crippen LogP contribution in [0.3, 0.4) is 0 Å². The van der Waals surface area contributed by atoms with Crippen LogP contribution in [0.25, 0.3) is 10.9 Å². The summed E-state index contributed by atoms with van der Waals surface area (Å²) in [6, 6.07) is 10.2. The molecule has 2 aromatic rings. The average molecular weight is 255 g/mol. The van der Waals surface area contributed by atoms with Crippen molar-refractivity contribution in [2.45, 2.75) is 38.7 Å². The Morgan fingerprint density at radius 3 is 2.58 bits per heavy atom.